The van der Waals surface area contributed by atoms with Gasteiger partial charge in [0.25, 0.3) is 0 Å². The van der Waals surface area contributed by atoms with Gasteiger partial charge in [-0.05, 0) is 50.0 Å². The summed E-state index contributed by atoms with van der Waals surface area (Å²) in [5.41, 5.74) is 9.54. The molecule has 2 heterocycles. The second-order valence-corrected chi connectivity index (χ2v) is 10.9. The van der Waals surface area contributed by atoms with Gasteiger partial charge < -0.3 is 21.9 Å². The Morgan fingerprint density at radius 2 is 1.42 bits per heavy atom. The maximum Gasteiger partial charge on any atom is 0.209 e. The number of halogens is 1. The van der Waals surface area contributed by atoms with Crippen LogP contribution >= 0.6 is 0 Å². The number of benzene rings is 3. The average Bonchev–Trinajstić information content (AvgIpc) is 3.19. The van der Waals surface area contributed by atoms with Crippen molar-refractivity contribution in [2.75, 3.05) is 18.5 Å². The van der Waals surface area contributed by atoms with E-state index in [2.05, 4.69) is 141 Å². The van der Waals surface area contributed by atoms with Gasteiger partial charge in [-0.3, -0.25) is 0 Å². The van der Waals surface area contributed by atoms with E-state index in [0.29, 0.717) is 0 Å². The van der Waals surface area contributed by atoms with Crippen molar-refractivity contribution in [3.05, 3.63) is 119 Å². The first-order valence-electron chi connectivity index (χ1n) is 12.8. The highest BCUT2D eigenvalue weighted by atomic mass is 79.9. The van der Waals surface area contributed by atoms with Crippen LogP contribution < -0.4 is 21.9 Å². The predicted octanol–water partition coefficient (Wildman–Crippen LogP) is 4.57. The van der Waals surface area contributed by atoms with Gasteiger partial charge in [-0.1, -0.05) is 86.7 Å². The Hall–Kier alpha value is -2.91. The molecule has 0 radical (unpaired) electrons. The molecule has 0 saturated heterocycles. The van der Waals surface area contributed by atoms with Gasteiger partial charge in [-0.2, -0.15) is 4.58 Å². The normalized spacial score (nSPS) is 18.5. The number of aryl methyl sites for hydroxylation is 1. The van der Waals surface area contributed by atoms with E-state index in [1.54, 1.807) is 0 Å². The summed E-state index contributed by atoms with van der Waals surface area (Å²) >= 11 is 0. The zero-order valence-electron chi connectivity index (χ0n) is 22.1. The third-order valence-corrected chi connectivity index (χ3v) is 7.94. The van der Waals surface area contributed by atoms with Crippen LogP contribution in [0, 0.1) is 0 Å². The molecule has 2 aliphatic rings. The van der Waals surface area contributed by atoms with Gasteiger partial charge in [0, 0.05) is 41.1 Å². The quantitative estimate of drug-likeness (QED) is 0.415. The zero-order valence-corrected chi connectivity index (χ0v) is 23.7. The van der Waals surface area contributed by atoms with Gasteiger partial charge >= 0.3 is 0 Å². The average molecular weight is 542 g/mol. The SMILES string of the molecule is C[N+]1=C(C=CC=C2N(CCCc3ccccc3)c3ccccc3C2(C)C)C(C)(C)c2ccccc21.[Br-]. The molecule has 0 fully saturated rings. The van der Waals surface area contributed by atoms with Crippen LogP contribution in [0.3, 0.4) is 0 Å². The molecule has 0 aliphatic carbocycles. The smallest absolute Gasteiger partial charge is 0.209 e. The third kappa shape index (κ3) is 4.50. The Morgan fingerprint density at radius 3 is 2.14 bits per heavy atom. The highest BCUT2D eigenvalue weighted by molar-refractivity contribution is 6.03. The first kappa shape index (κ1) is 26.2. The topological polar surface area (TPSA) is 6.25 Å². The monoisotopic (exact) mass is 540 g/mol. The van der Waals surface area contributed by atoms with Crippen LogP contribution in [0.5, 0.6) is 0 Å². The fraction of sp³-hybridized carbons (Fsp3) is 0.303. The maximum atomic E-state index is 2.55. The Morgan fingerprint density at radius 1 is 0.778 bits per heavy atom. The molecule has 186 valence electrons. The molecule has 3 aromatic rings. The van der Waals surface area contributed by atoms with Crippen LogP contribution in [0.4, 0.5) is 11.4 Å². The van der Waals surface area contributed by atoms with Crippen molar-refractivity contribution in [1.82, 2.24) is 0 Å². The van der Waals surface area contributed by atoms with E-state index in [4.69, 9.17) is 0 Å². The summed E-state index contributed by atoms with van der Waals surface area (Å²) in [6.07, 6.45) is 9.15. The second kappa shape index (κ2) is 10.2. The summed E-state index contributed by atoms with van der Waals surface area (Å²) in [7, 11) is 2.19. The van der Waals surface area contributed by atoms with Crippen LogP contribution in [0.15, 0.2) is 103 Å². The molecule has 0 unspecified atom stereocenters. The van der Waals surface area contributed by atoms with Gasteiger partial charge in [0.1, 0.15) is 7.05 Å². The summed E-state index contributed by atoms with van der Waals surface area (Å²) in [6.45, 7) is 10.4. The van der Waals surface area contributed by atoms with Crippen LogP contribution in [0.1, 0.15) is 50.8 Å². The van der Waals surface area contributed by atoms with E-state index in [1.165, 1.54) is 39.5 Å². The minimum Gasteiger partial charge on any atom is -1.00 e. The Labute approximate surface area is 227 Å². The van der Waals surface area contributed by atoms with Gasteiger partial charge in [-0.15, -0.1) is 0 Å². The van der Waals surface area contributed by atoms with Crippen molar-refractivity contribution in [3.63, 3.8) is 0 Å². The molecule has 0 bridgehead atoms. The standard InChI is InChI=1S/C33H37N2.BrH/c1-32(2)26-18-9-11-20-28(26)34(5)30(32)22-13-23-31-33(3,4)27-19-10-12-21-29(27)35(31)24-14-17-25-15-7-6-8-16-25;/h6-13,15-16,18-23H,14,17,24H2,1-5H3;1H/q+1;/p-1. The highest BCUT2D eigenvalue weighted by Gasteiger charge is 2.43. The summed E-state index contributed by atoms with van der Waals surface area (Å²) in [5, 5.41) is 0. The fourth-order valence-corrected chi connectivity index (χ4v) is 6.00. The number of nitrogens with zero attached hydrogens (tertiary/aromatic N) is 2. The van der Waals surface area contributed by atoms with Crippen LogP contribution in [0.25, 0.3) is 0 Å². The molecule has 0 saturated carbocycles. The van der Waals surface area contributed by atoms with Crippen molar-refractivity contribution in [2.45, 2.75) is 51.4 Å². The van der Waals surface area contributed by atoms with Gasteiger partial charge in [-0.25, -0.2) is 0 Å². The summed E-state index contributed by atoms with van der Waals surface area (Å²) in [4.78, 5) is 2.55. The molecule has 0 spiro atoms. The van der Waals surface area contributed by atoms with Gasteiger partial charge in [0.15, 0.2) is 5.71 Å². The lowest BCUT2D eigenvalue weighted by atomic mass is 9.81. The molecule has 0 aromatic heterocycles. The number of allylic oxidation sites excluding steroid dienone is 4. The number of para-hydroxylation sites is 2. The molecular formula is C33H37BrN2. The molecular weight excluding hydrogens is 504 g/mol. The molecule has 36 heavy (non-hydrogen) atoms. The zero-order chi connectivity index (χ0) is 24.6. The van der Waals surface area contributed by atoms with Crippen molar-refractivity contribution in [3.8, 4) is 0 Å². The van der Waals surface area contributed by atoms with Crippen molar-refractivity contribution in [2.24, 2.45) is 0 Å². The van der Waals surface area contributed by atoms with E-state index in [9.17, 15) is 0 Å². The first-order chi connectivity index (χ1) is 16.8. The molecule has 3 heteroatoms. The molecule has 0 N–H and O–H groups in total. The van der Waals surface area contributed by atoms with E-state index >= 15 is 0 Å². The highest BCUT2D eigenvalue weighted by Crippen LogP contribution is 2.47. The summed E-state index contributed by atoms with van der Waals surface area (Å²) in [6, 6.07) is 28.5. The molecule has 5 rings (SSSR count). The molecule has 0 atom stereocenters. The van der Waals surface area contributed by atoms with E-state index in [0.717, 1.165) is 19.4 Å². The summed E-state index contributed by atoms with van der Waals surface area (Å²) < 4.78 is 2.34. The number of hydrogen-bond donors (Lipinski definition) is 0. The van der Waals surface area contributed by atoms with Gasteiger partial charge in [0.05, 0.1) is 5.41 Å². The Kier molecular flexibility index (Phi) is 7.43. The molecule has 2 nitrogen and oxygen atoms in total. The van der Waals surface area contributed by atoms with Crippen molar-refractivity contribution < 1.29 is 21.6 Å². The van der Waals surface area contributed by atoms with Crippen molar-refractivity contribution in [1.29, 1.82) is 0 Å². The fourth-order valence-electron chi connectivity index (χ4n) is 6.00. The van der Waals surface area contributed by atoms with Crippen LogP contribution in [-0.2, 0) is 17.3 Å². The third-order valence-electron chi connectivity index (χ3n) is 7.94. The lowest BCUT2D eigenvalue weighted by Gasteiger charge is -2.27. The Balaban J connectivity index is 0.00000304. The van der Waals surface area contributed by atoms with Crippen LogP contribution in [0.2, 0.25) is 0 Å². The first-order valence-corrected chi connectivity index (χ1v) is 12.8. The predicted molar refractivity (Wildman–Crippen MR) is 149 cm³/mol. The number of anilines is 1. The Bertz CT molecular complexity index is 1330. The number of hydrogen-bond acceptors (Lipinski definition) is 1. The van der Waals surface area contributed by atoms with E-state index in [1.807, 2.05) is 0 Å². The minimum atomic E-state index is -0.0294. The van der Waals surface area contributed by atoms with Crippen LogP contribution in [-0.4, -0.2) is 23.9 Å². The lowest BCUT2D eigenvalue weighted by Crippen LogP contribution is -3.00. The largest absolute Gasteiger partial charge is 1.00 e. The lowest BCUT2D eigenvalue weighted by molar-refractivity contribution is -0.401. The van der Waals surface area contributed by atoms with E-state index < -0.39 is 0 Å². The van der Waals surface area contributed by atoms with Crippen molar-refractivity contribution >= 4 is 17.1 Å². The maximum absolute atomic E-state index is 2.55. The second-order valence-electron chi connectivity index (χ2n) is 10.9. The van der Waals surface area contributed by atoms with E-state index in [-0.39, 0.29) is 27.8 Å². The van der Waals surface area contributed by atoms with Gasteiger partial charge in [0.2, 0.25) is 5.69 Å². The summed E-state index contributed by atoms with van der Waals surface area (Å²) in [5.74, 6) is 0. The number of rotatable bonds is 6. The molecule has 3 aromatic carbocycles. The number of fused-ring (bicyclic) bond motifs is 2. The molecule has 0 amide bonds. The molecule has 2 aliphatic heterocycles. The minimum absolute atomic E-state index is 0.